The van der Waals surface area contributed by atoms with Gasteiger partial charge >= 0.3 is 0 Å². The van der Waals surface area contributed by atoms with E-state index in [1.165, 1.54) is 55.7 Å². The lowest BCUT2D eigenvalue weighted by molar-refractivity contribution is 0.766. The molecule has 0 saturated carbocycles. The zero-order chi connectivity index (χ0) is 18.8. The average molecular weight is 348 g/mol. The van der Waals surface area contributed by atoms with Crippen LogP contribution in [0.25, 0.3) is 16.7 Å². The fourth-order valence-electron chi connectivity index (χ4n) is 5.28. The van der Waals surface area contributed by atoms with Gasteiger partial charge in [0, 0.05) is 0 Å². The van der Waals surface area contributed by atoms with Gasteiger partial charge in [-0.1, -0.05) is 78.4 Å². The SMILES string of the molecule is CC(C)=C(C)C1=C(C)C2(c3ccccc31)c1ccccc1-c1ccccc12. The lowest BCUT2D eigenvalue weighted by Crippen LogP contribution is -2.26. The highest BCUT2D eigenvalue weighted by Crippen LogP contribution is 2.62. The molecule has 0 bridgehead atoms. The molecule has 0 atom stereocenters. The predicted octanol–water partition coefficient (Wildman–Crippen LogP) is 7.14. The Labute approximate surface area is 161 Å². The highest BCUT2D eigenvalue weighted by Gasteiger charge is 2.51. The van der Waals surface area contributed by atoms with Crippen LogP contribution in [0, 0.1) is 0 Å². The van der Waals surface area contributed by atoms with Crippen molar-refractivity contribution in [2.45, 2.75) is 33.1 Å². The minimum Gasteiger partial charge on any atom is -0.0729 e. The first kappa shape index (κ1) is 16.3. The molecule has 0 amide bonds. The van der Waals surface area contributed by atoms with Crippen molar-refractivity contribution in [3.63, 3.8) is 0 Å². The maximum absolute atomic E-state index is 2.35. The number of rotatable bonds is 1. The highest BCUT2D eigenvalue weighted by molar-refractivity contribution is 5.97. The molecule has 5 rings (SSSR count). The average Bonchev–Trinajstić information content (AvgIpc) is 3.14. The van der Waals surface area contributed by atoms with Crippen LogP contribution in [0.2, 0.25) is 0 Å². The van der Waals surface area contributed by atoms with Crippen LogP contribution in [0.3, 0.4) is 0 Å². The van der Waals surface area contributed by atoms with Crippen LogP contribution in [-0.4, -0.2) is 0 Å². The van der Waals surface area contributed by atoms with Gasteiger partial charge in [0.25, 0.3) is 0 Å². The van der Waals surface area contributed by atoms with Crippen molar-refractivity contribution in [2.24, 2.45) is 0 Å². The van der Waals surface area contributed by atoms with Crippen molar-refractivity contribution in [1.29, 1.82) is 0 Å². The molecule has 0 fully saturated rings. The Morgan fingerprint density at radius 2 is 1.00 bits per heavy atom. The molecule has 0 aliphatic heterocycles. The van der Waals surface area contributed by atoms with Gasteiger partial charge in [-0.15, -0.1) is 0 Å². The summed E-state index contributed by atoms with van der Waals surface area (Å²) < 4.78 is 0. The molecule has 27 heavy (non-hydrogen) atoms. The van der Waals surface area contributed by atoms with Crippen molar-refractivity contribution in [2.75, 3.05) is 0 Å². The first-order valence-electron chi connectivity index (χ1n) is 9.73. The quantitative estimate of drug-likeness (QED) is 0.438. The Hall–Kier alpha value is -2.86. The Kier molecular flexibility index (Phi) is 3.37. The second-order valence-corrected chi connectivity index (χ2v) is 8.01. The van der Waals surface area contributed by atoms with Crippen LogP contribution in [0.15, 0.2) is 89.5 Å². The first-order chi connectivity index (χ1) is 13.1. The van der Waals surface area contributed by atoms with Crippen molar-refractivity contribution in [1.82, 2.24) is 0 Å². The van der Waals surface area contributed by atoms with Gasteiger partial charge in [0.15, 0.2) is 0 Å². The molecule has 3 aromatic carbocycles. The van der Waals surface area contributed by atoms with Crippen LogP contribution in [0.4, 0.5) is 0 Å². The van der Waals surface area contributed by atoms with Gasteiger partial charge in [-0.2, -0.15) is 0 Å². The maximum atomic E-state index is 2.35. The number of benzene rings is 3. The number of allylic oxidation sites excluding steroid dienone is 4. The Balaban J connectivity index is 2.00. The number of fused-ring (bicyclic) bond motifs is 7. The summed E-state index contributed by atoms with van der Waals surface area (Å²) in [7, 11) is 0. The van der Waals surface area contributed by atoms with E-state index in [2.05, 4.69) is 100 Å². The molecule has 0 saturated heterocycles. The lowest BCUT2D eigenvalue weighted by Gasteiger charge is -2.31. The smallest absolute Gasteiger partial charge is 0.0685 e. The molecule has 2 aliphatic carbocycles. The van der Waals surface area contributed by atoms with Crippen molar-refractivity contribution >= 4 is 5.57 Å². The molecule has 3 aromatic rings. The van der Waals surface area contributed by atoms with Crippen LogP contribution >= 0.6 is 0 Å². The third kappa shape index (κ3) is 1.88. The van der Waals surface area contributed by atoms with E-state index in [9.17, 15) is 0 Å². The summed E-state index contributed by atoms with van der Waals surface area (Å²) in [6, 6.07) is 26.9. The summed E-state index contributed by atoms with van der Waals surface area (Å²) in [6.07, 6.45) is 0. The van der Waals surface area contributed by atoms with Gasteiger partial charge in [-0.25, -0.2) is 0 Å². The summed E-state index contributed by atoms with van der Waals surface area (Å²) in [5.74, 6) is 0. The molecule has 0 nitrogen and oxygen atoms in total. The highest BCUT2D eigenvalue weighted by atomic mass is 14.5. The monoisotopic (exact) mass is 348 g/mol. The minimum absolute atomic E-state index is 0.171. The summed E-state index contributed by atoms with van der Waals surface area (Å²) in [5, 5.41) is 0. The van der Waals surface area contributed by atoms with E-state index in [1.807, 2.05) is 0 Å². The molecule has 0 heterocycles. The van der Waals surface area contributed by atoms with E-state index in [-0.39, 0.29) is 5.41 Å². The van der Waals surface area contributed by atoms with Crippen LogP contribution < -0.4 is 0 Å². The molecule has 132 valence electrons. The van der Waals surface area contributed by atoms with Gasteiger partial charge in [0.2, 0.25) is 0 Å². The summed E-state index contributed by atoms with van der Waals surface area (Å²) in [4.78, 5) is 0. The second kappa shape index (κ2) is 5.57. The summed E-state index contributed by atoms with van der Waals surface area (Å²) >= 11 is 0. The summed E-state index contributed by atoms with van der Waals surface area (Å²) in [5.41, 5.74) is 13.9. The molecule has 0 radical (unpaired) electrons. The molecule has 0 unspecified atom stereocenters. The maximum Gasteiger partial charge on any atom is 0.0685 e. The van der Waals surface area contributed by atoms with Crippen LogP contribution in [-0.2, 0) is 5.41 Å². The van der Waals surface area contributed by atoms with Gasteiger partial charge < -0.3 is 0 Å². The molecule has 0 aromatic heterocycles. The summed E-state index contributed by atoms with van der Waals surface area (Å²) in [6.45, 7) is 9.07. The van der Waals surface area contributed by atoms with Crippen molar-refractivity contribution < 1.29 is 0 Å². The van der Waals surface area contributed by atoms with Crippen LogP contribution in [0.1, 0.15) is 49.9 Å². The fraction of sp³-hybridized carbons (Fsp3) is 0.185. The third-order valence-corrected chi connectivity index (χ3v) is 6.62. The first-order valence-corrected chi connectivity index (χ1v) is 9.73. The molecule has 0 heteroatoms. The van der Waals surface area contributed by atoms with Gasteiger partial charge in [-0.05, 0) is 77.8 Å². The number of hydrogen-bond donors (Lipinski definition) is 0. The van der Waals surface area contributed by atoms with Crippen molar-refractivity contribution in [3.05, 3.63) is 112 Å². The minimum atomic E-state index is -0.171. The Bertz CT molecular complexity index is 1100. The topological polar surface area (TPSA) is 0 Å². The zero-order valence-corrected chi connectivity index (χ0v) is 16.4. The van der Waals surface area contributed by atoms with Gasteiger partial charge in [0.1, 0.15) is 0 Å². The van der Waals surface area contributed by atoms with E-state index >= 15 is 0 Å². The van der Waals surface area contributed by atoms with E-state index in [0.717, 1.165) is 0 Å². The molecular weight excluding hydrogens is 324 g/mol. The molecule has 0 N–H and O–H groups in total. The number of hydrogen-bond acceptors (Lipinski definition) is 0. The second-order valence-electron chi connectivity index (χ2n) is 8.01. The fourth-order valence-corrected chi connectivity index (χ4v) is 5.28. The standard InChI is InChI=1S/C27H24/c1-17(2)18(3)26-19(4)27(25-16-10-7-13-22(25)26)23-14-8-5-11-20(23)21-12-6-9-15-24(21)27/h5-16H,1-4H3. The van der Waals surface area contributed by atoms with Crippen LogP contribution in [0.5, 0.6) is 0 Å². The van der Waals surface area contributed by atoms with Crippen molar-refractivity contribution in [3.8, 4) is 11.1 Å². The largest absolute Gasteiger partial charge is 0.0729 e. The van der Waals surface area contributed by atoms with E-state index < -0.39 is 0 Å². The molecule has 1 spiro atoms. The predicted molar refractivity (Wildman–Crippen MR) is 115 cm³/mol. The zero-order valence-electron chi connectivity index (χ0n) is 16.4. The van der Waals surface area contributed by atoms with E-state index in [4.69, 9.17) is 0 Å². The molecule has 2 aliphatic rings. The van der Waals surface area contributed by atoms with Gasteiger partial charge in [-0.3, -0.25) is 0 Å². The Morgan fingerprint density at radius 3 is 1.48 bits per heavy atom. The van der Waals surface area contributed by atoms with E-state index in [0.29, 0.717) is 0 Å². The molecular formula is C27H24. The Morgan fingerprint density at radius 1 is 0.593 bits per heavy atom. The third-order valence-electron chi connectivity index (χ3n) is 6.62. The van der Waals surface area contributed by atoms with Gasteiger partial charge in [0.05, 0.1) is 5.41 Å². The normalized spacial score (nSPS) is 15.6. The van der Waals surface area contributed by atoms with E-state index in [1.54, 1.807) is 0 Å². The lowest BCUT2D eigenvalue weighted by atomic mass is 9.70.